The monoisotopic (exact) mass is 160 g/mol. The molecule has 4 nitrogen and oxygen atoms in total. The molecule has 10 heavy (non-hydrogen) atoms. The second-order valence-electron chi connectivity index (χ2n) is 2.00. The average molecular weight is 160 g/mol. The van der Waals surface area contributed by atoms with Gasteiger partial charge in [0, 0.05) is 0 Å². The highest BCUT2D eigenvalue weighted by atomic mass is 32.1. The molecule has 1 rings (SSSR count). The quantitative estimate of drug-likeness (QED) is 0.565. The lowest BCUT2D eigenvalue weighted by atomic mass is 10.5. The summed E-state index contributed by atoms with van der Waals surface area (Å²) in [6.45, 7) is 1.37. The first-order valence-electron chi connectivity index (χ1n) is 2.90. The first-order valence-corrected chi connectivity index (χ1v) is 3.31. The van der Waals surface area contributed by atoms with Crippen LogP contribution in [0.1, 0.15) is 0 Å². The summed E-state index contributed by atoms with van der Waals surface area (Å²) in [6.07, 6.45) is -0.326. The van der Waals surface area contributed by atoms with Gasteiger partial charge >= 0.3 is 6.09 Å². The minimum atomic E-state index is -0.326. The molecule has 5 heteroatoms. The third kappa shape index (κ3) is 1.57. The van der Waals surface area contributed by atoms with Crippen molar-refractivity contribution in [1.82, 2.24) is 4.90 Å². The van der Waals surface area contributed by atoms with Gasteiger partial charge in [0.25, 0.3) is 0 Å². The second-order valence-corrected chi connectivity index (χ2v) is 2.53. The van der Waals surface area contributed by atoms with Crippen LogP contribution < -0.4 is 5.73 Å². The normalized spacial score (nSPS) is 17.2. The van der Waals surface area contributed by atoms with E-state index in [1.807, 2.05) is 0 Å². The molecule has 56 valence electrons. The van der Waals surface area contributed by atoms with Crippen molar-refractivity contribution < 1.29 is 9.53 Å². The highest BCUT2D eigenvalue weighted by Crippen LogP contribution is 2.01. The van der Waals surface area contributed by atoms with Crippen molar-refractivity contribution in [3.05, 3.63) is 0 Å². The standard InChI is InChI=1S/C5H8N2O2S/c6-4(10)3-7-1-2-9-5(7)8/h1-3H2,(H2,6,10). The minimum Gasteiger partial charge on any atom is -0.448 e. The molecule has 1 amide bonds. The Morgan fingerprint density at radius 1 is 1.90 bits per heavy atom. The molecule has 0 saturated carbocycles. The number of hydrogen-bond donors (Lipinski definition) is 1. The fraction of sp³-hybridized carbons (Fsp3) is 0.600. The molecule has 0 bridgehead atoms. The summed E-state index contributed by atoms with van der Waals surface area (Å²) < 4.78 is 4.64. The maximum atomic E-state index is 10.7. The summed E-state index contributed by atoms with van der Waals surface area (Å²) in [5, 5.41) is 0. The van der Waals surface area contributed by atoms with Gasteiger partial charge in [0.2, 0.25) is 0 Å². The zero-order chi connectivity index (χ0) is 7.56. The van der Waals surface area contributed by atoms with Gasteiger partial charge < -0.3 is 10.5 Å². The first-order chi connectivity index (χ1) is 4.70. The van der Waals surface area contributed by atoms with Crippen LogP contribution in [0.15, 0.2) is 0 Å². The Morgan fingerprint density at radius 3 is 3.00 bits per heavy atom. The van der Waals surface area contributed by atoms with Crippen LogP contribution in [-0.2, 0) is 4.74 Å². The number of thiocarbonyl (C=S) groups is 1. The lowest BCUT2D eigenvalue weighted by Crippen LogP contribution is -2.33. The Labute approximate surface area is 63.9 Å². The third-order valence-electron chi connectivity index (χ3n) is 1.19. The van der Waals surface area contributed by atoms with E-state index in [9.17, 15) is 4.79 Å². The molecule has 0 radical (unpaired) electrons. The molecule has 0 aromatic carbocycles. The largest absolute Gasteiger partial charge is 0.448 e. The Kier molecular flexibility index (Phi) is 2.06. The number of cyclic esters (lactones) is 1. The van der Waals surface area contributed by atoms with E-state index in [1.54, 1.807) is 0 Å². The van der Waals surface area contributed by atoms with Crippen molar-refractivity contribution in [3.63, 3.8) is 0 Å². The predicted molar refractivity (Wildman–Crippen MR) is 39.7 cm³/mol. The van der Waals surface area contributed by atoms with Crippen LogP contribution in [0.2, 0.25) is 0 Å². The molecule has 1 heterocycles. The summed E-state index contributed by atoms with van der Waals surface area (Å²) in [7, 11) is 0. The van der Waals surface area contributed by atoms with Gasteiger partial charge in [0.15, 0.2) is 0 Å². The van der Waals surface area contributed by atoms with E-state index in [0.717, 1.165) is 0 Å². The van der Waals surface area contributed by atoms with E-state index >= 15 is 0 Å². The molecule has 0 atom stereocenters. The Hall–Kier alpha value is -0.840. The zero-order valence-corrected chi connectivity index (χ0v) is 6.19. The Morgan fingerprint density at radius 2 is 2.60 bits per heavy atom. The molecular formula is C5H8N2O2S. The van der Waals surface area contributed by atoms with Crippen LogP contribution in [0, 0.1) is 0 Å². The van der Waals surface area contributed by atoms with Crippen LogP contribution in [0.4, 0.5) is 4.79 Å². The van der Waals surface area contributed by atoms with E-state index in [-0.39, 0.29) is 6.09 Å². The van der Waals surface area contributed by atoms with Crippen LogP contribution in [0.5, 0.6) is 0 Å². The zero-order valence-electron chi connectivity index (χ0n) is 5.37. The third-order valence-corrected chi connectivity index (χ3v) is 1.32. The van der Waals surface area contributed by atoms with Crippen molar-refractivity contribution in [2.75, 3.05) is 19.7 Å². The maximum Gasteiger partial charge on any atom is 0.410 e. The summed E-state index contributed by atoms with van der Waals surface area (Å²) in [4.78, 5) is 12.5. The number of nitrogens with zero attached hydrogens (tertiary/aromatic N) is 1. The molecule has 1 saturated heterocycles. The van der Waals surface area contributed by atoms with Crippen molar-refractivity contribution in [1.29, 1.82) is 0 Å². The topological polar surface area (TPSA) is 55.6 Å². The number of amides is 1. The Bertz CT molecular complexity index is 171. The van der Waals surface area contributed by atoms with Gasteiger partial charge in [-0.15, -0.1) is 0 Å². The average Bonchev–Trinajstić information content (AvgIpc) is 2.15. The molecule has 0 aromatic heterocycles. The second kappa shape index (κ2) is 2.83. The van der Waals surface area contributed by atoms with Crippen molar-refractivity contribution >= 4 is 23.3 Å². The molecular weight excluding hydrogens is 152 g/mol. The minimum absolute atomic E-state index is 0.318. The summed E-state index contributed by atoms with van der Waals surface area (Å²) in [5.74, 6) is 0. The highest BCUT2D eigenvalue weighted by molar-refractivity contribution is 7.80. The molecule has 0 aliphatic carbocycles. The van der Waals surface area contributed by atoms with Crippen LogP contribution in [0.3, 0.4) is 0 Å². The lowest BCUT2D eigenvalue weighted by molar-refractivity contribution is 0.161. The van der Waals surface area contributed by atoms with Crippen LogP contribution in [-0.4, -0.2) is 35.7 Å². The van der Waals surface area contributed by atoms with Gasteiger partial charge in [-0.2, -0.15) is 0 Å². The predicted octanol–water partition coefficient (Wildman–Crippen LogP) is -0.275. The Balaban J connectivity index is 2.40. The van der Waals surface area contributed by atoms with E-state index in [2.05, 4.69) is 17.0 Å². The fourth-order valence-electron chi connectivity index (χ4n) is 0.757. The fourth-order valence-corrected chi connectivity index (χ4v) is 0.913. The van der Waals surface area contributed by atoms with Gasteiger partial charge in [-0.25, -0.2) is 4.79 Å². The maximum absolute atomic E-state index is 10.7. The van der Waals surface area contributed by atoms with E-state index in [1.165, 1.54) is 4.90 Å². The summed E-state index contributed by atoms with van der Waals surface area (Å²) in [6, 6.07) is 0. The molecule has 0 aromatic rings. The van der Waals surface area contributed by atoms with Gasteiger partial charge in [-0.05, 0) is 0 Å². The van der Waals surface area contributed by atoms with Crippen molar-refractivity contribution in [2.24, 2.45) is 5.73 Å². The van der Waals surface area contributed by atoms with E-state index in [0.29, 0.717) is 24.7 Å². The van der Waals surface area contributed by atoms with Crippen molar-refractivity contribution in [2.45, 2.75) is 0 Å². The number of rotatable bonds is 2. The first kappa shape index (κ1) is 7.27. The highest BCUT2D eigenvalue weighted by Gasteiger charge is 2.21. The van der Waals surface area contributed by atoms with Gasteiger partial charge in [0.05, 0.1) is 18.1 Å². The van der Waals surface area contributed by atoms with Crippen LogP contribution >= 0.6 is 12.2 Å². The number of hydrogen-bond acceptors (Lipinski definition) is 3. The van der Waals surface area contributed by atoms with E-state index in [4.69, 9.17) is 5.73 Å². The molecule has 1 fully saturated rings. The van der Waals surface area contributed by atoms with Crippen molar-refractivity contribution in [3.8, 4) is 0 Å². The number of carbonyl (C=O) groups excluding carboxylic acids is 1. The summed E-state index contributed by atoms with van der Waals surface area (Å²) >= 11 is 4.61. The lowest BCUT2D eigenvalue weighted by Gasteiger charge is -2.09. The number of ether oxygens (including phenoxy) is 1. The smallest absolute Gasteiger partial charge is 0.410 e. The molecule has 1 aliphatic heterocycles. The molecule has 2 N–H and O–H groups in total. The SMILES string of the molecule is NC(=S)CN1CCOC1=O. The van der Waals surface area contributed by atoms with Gasteiger partial charge in [-0.1, -0.05) is 12.2 Å². The molecule has 0 spiro atoms. The van der Waals surface area contributed by atoms with E-state index < -0.39 is 0 Å². The van der Waals surface area contributed by atoms with Crippen LogP contribution in [0.25, 0.3) is 0 Å². The van der Waals surface area contributed by atoms with Gasteiger partial charge in [0.1, 0.15) is 6.61 Å². The number of nitrogens with two attached hydrogens (primary N) is 1. The summed E-state index contributed by atoms with van der Waals surface area (Å²) in [5.41, 5.74) is 5.22. The number of carbonyl (C=O) groups is 1. The molecule has 1 aliphatic rings. The van der Waals surface area contributed by atoms with Gasteiger partial charge in [-0.3, -0.25) is 4.90 Å². The molecule has 0 unspecified atom stereocenters.